The predicted molar refractivity (Wildman–Crippen MR) is 55.7 cm³/mol. The minimum atomic E-state index is -0.767. The summed E-state index contributed by atoms with van der Waals surface area (Å²) in [6, 6.07) is 0.0134. The fourth-order valence-corrected chi connectivity index (χ4v) is 2.74. The first-order valence-electron chi connectivity index (χ1n) is 5.78. The molecule has 5 heteroatoms. The molecule has 1 amide bonds. The van der Waals surface area contributed by atoms with Crippen LogP contribution in [-0.4, -0.2) is 45.7 Å². The Hall–Kier alpha value is -1.10. The average molecular weight is 227 g/mol. The van der Waals surface area contributed by atoms with Crippen LogP contribution in [0.2, 0.25) is 0 Å². The molecule has 2 N–H and O–H groups in total. The number of carboxylic acids is 1. The van der Waals surface area contributed by atoms with Gasteiger partial charge in [-0.3, -0.25) is 9.59 Å². The lowest BCUT2D eigenvalue weighted by Gasteiger charge is -2.33. The molecule has 0 radical (unpaired) electrons. The summed E-state index contributed by atoms with van der Waals surface area (Å²) in [6.45, 7) is 0.371. The molecule has 1 aliphatic carbocycles. The van der Waals surface area contributed by atoms with Crippen LogP contribution in [0.3, 0.4) is 0 Å². The number of carboxylic acid groups (broad SMARTS) is 1. The normalized spacial score (nSPS) is 35.4. The van der Waals surface area contributed by atoms with Gasteiger partial charge < -0.3 is 15.1 Å². The van der Waals surface area contributed by atoms with Crippen molar-refractivity contribution in [2.45, 2.75) is 44.2 Å². The second kappa shape index (κ2) is 4.41. The van der Waals surface area contributed by atoms with Crippen LogP contribution in [0.15, 0.2) is 0 Å². The van der Waals surface area contributed by atoms with Crippen LogP contribution in [0.1, 0.15) is 32.1 Å². The van der Waals surface area contributed by atoms with Gasteiger partial charge in [-0.2, -0.15) is 0 Å². The van der Waals surface area contributed by atoms with Crippen LogP contribution < -0.4 is 0 Å². The number of β-amino-alcohol motifs (C(OH)–C–C–N with tert-alkyl or cyclic N) is 1. The first-order chi connectivity index (χ1) is 7.58. The molecule has 3 unspecified atom stereocenters. The number of rotatable bonds is 2. The number of amides is 1. The number of likely N-dealkylation sites (tertiary alicyclic amines) is 1. The van der Waals surface area contributed by atoms with Crippen molar-refractivity contribution < 1.29 is 19.8 Å². The van der Waals surface area contributed by atoms with Gasteiger partial charge in [0.15, 0.2) is 0 Å². The fourth-order valence-electron chi connectivity index (χ4n) is 2.74. The van der Waals surface area contributed by atoms with Gasteiger partial charge in [0.2, 0.25) is 5.91 Å². The maximum absolute atomic E-state index is 11.6. The molecule has 0 aromatic rings. The number of carbonyl (C=O) groups excluding carboxylic acids is 1. The zero-order chi connectivity index (χ0) is 11.7. The monoisotopic (exact) mass is 227 g/mol. The molecule has 1 heterocycles. The van der Waals surface area contributed by atoms with Crippen molar-refractivity contribution in [3.63, 3.8) is 0 Å². The van der Waals surface area contributed by atoms with Gasteiger partial charge in [-0.05, 0) is 19.3 Å². The molecule has 5 nitrogen and oxygen atoms in total. The maximum atomic E-state index is 11.6. The van der Waals surface area contributed by atoms with Crippen LogP contribution >= 0.6 is 0 Å². The van der Waals surface area contributed by atoms with Crippen LogP contribution in [0.5, 0.6) is 0 Å². The molecule has 2 aliphatic rings. The predicted octanol–water partition coefficient (Wildman–Crippen LogP) is 0.223. The van der Waals surface area contributed by atoms with Gasteiger partial charge in [0.25, 0.3) is 0 Å². The van der Waals surface area contributed by atoms with Crippen molar-refractivity contribution in [2.24, 2.45) is 5.92 Å². The Balaban J connectivity index is 1.99. The van der Waals surface area contributed by atoms with Crippen LogP contribution in [0.4, 0.5) is 0 Å². The Labute approximate surface area is 94.0 Å². The Bertz CT molecular complexity index is 304. The van der Waals surface area contributed by atoms with Gasteiger partial charge in [-0.1, -0.05) is 6.42 Å². The van der Waals surface area contributed by atoms with Crippen molar-refractivity contribution in [2.75, 3.05) is 6.54 Å². The van der Waals surface area contributed by atoms with Crippen molar-refractivity contribution in [3.8, 4) is 0 Å². The first kappa shape index (κ1) is 11.4. The van der Waals surface area contributed by atoms with E-state index in [-0.39, 0.29) is 24.3 Å². The van der Waals surface area contributed by atoms with E-state index >= 15 is 0 Å². The largest absolute Gasteiger partial charge is 0.481 e. The molecule has 0 spiro atoms. The van der Waals surface area contributed by atoms with Crippen LogP contribution in [-0.2, 0) is 9.59 Å². The summed E-state index contributed by atoms with van der Waals surface area (Å²) in [5.41, 5.74) is 0. The van der Waals surface area contributed by atoms with Gasteiger partial charge in [0, 0.05) is 12.6 Å². The molecule has 0 bridgehead atoms. The van der Waals surface area contributed by atoms with E-state index in [0.29, 0.717) is 19.4 Å². The summed E-state index contributed by atoms with van der Waals surface area (Å²) in [7, 11) is 0. The van der Waals surface area contributed by atoms with Gasteiger partial charge in [0.1, 0.15) is 0 Å². The molecule has 1 saturated heterocycles. The summed E-state index contributed by atoms with van der Waals surface area (Å²) < 4.78 is 0. The first-order valence-corrected chi connectivity index (χ1v) is 5.78. The van der Waals surface area contributed by atoms with E-state index in [1.54, 1.807) is 4.90 Å². The van der Waals surface area contributed by atoms with Gasteiger partial charge in [0.05, 0.1) is 18.4 Å². The van der Waals surface area contributed by atoms with Gasteiger partial charge in [-0.15, -0.1) is 0 Å². The quantitative estimate of drug-likeness (QED) is 0.707. The Kier molecular flexibility index (Phi) is 3.14. The number of carbonyl (C=O) groups is 2. The highest BCUT2D eigenvalue weighted by Gasteiger charge is 2.37. The molecule has 3 atom stereocenters. The highest BCUT2D eigenvalue weighted by Crippen LogP contribution is 2.30. The summed E-state index contributed by atoms with van der Waals surface area (Å²) in [6.07, 6.45) is 2.57. The van der Waals surface area contributed by atoms with E-state index in [1.807, 2.05) is 0 Å². The zero-order valence-electron chi connectivity index (χ0n) is 9.13. The molecule has 2 fully saturated rings. The third-order valence-corrected chi connectivity index (χ3v) is 3.57. The second-order valence-electron chi connectivity index (χ2n) is 4.76. The number of aliphatic carboxylic acids is 1. The third kappa shape index (κ3) is 2.19. The van der Waals surface area contributed by atoms with E-state index in [2.05, 4.69) is 0 Å². The molecule has 16 heavy (non-hydrogen) atoms. The minimum absolute atomic E-state index is 0.0134. The Morgan fingerprint density at radius 3 is 2.69 bits per heavy atom. The molecule has 0 aromatic heterocycles. The number of hydrogen-bond donors (Lipinski definition) is 2. The standard InChI is InChI=1S/C11H17NO4/c13-9-5-10(14)12(6-9)8-3-1-2-7(4-8)11(15)16/h7-9,13H,1-6H2,(H,15,16). The fraction of sp³-hybridized carbons (Fsp3) is 0.818. The topological polar surface area (TPSA) is 77.8 Å². The Morgan fingerprint density at radius 1 is 1.38 bits per heavy atom. The second-order valence-corrected chi connectivity index (χ2v) is 4.76. The number of hydrogen-bond acceptors (Lipinski definition) is 3. The summed E-state index contributed by atoms with van der Waals surface area (Å²) in [4.78, 5) is 24.2. The van der Waals surface area contributed by atoms with Crippen molar-refractivity contribution in [1.29, 1.82) is 0 Å². The van der Waals surface area contributed by atoms with Crippen molar-refractivity contribution >= 4 is 11.9 Å². The van der Waals surface area contributed by atoms with E-state index in [0.717, 1.165) is 12.8 Å². The molecule has 1 aliphatic heterocycles. The number of nitrogens with zero attached hydrogens (tertiary/aromatic N) is 1. The number of aliphatic hydroxyl groups is 1. The lowest BCUT2D eigenvalue weighted by atomic mass is 9.85. The molecular weight excluding hydrogens is 210 g/mol. The van der Waals surface area contributed by atoms with E-state index in [1.165, 1.54) is 0 Å². The van der Waals surface area contributed by atoms with E-state index in [9.17, 15) is 14.7 Å². The molecule has 0 aromatic carbocycles. The van der Waals surface area contributed by atoms with Crippen molar-refractivity contribution in [1.82, 2.24) is 4.90 Å². The average Bonchev–Trinajstić information content (AvgIpc) is 2.58. The summed E-state index contributed by atoms with van der Waals surface area (Å²) in [5, 5.41) is 18.4. The van der Waals surface area contributed by atoms with Crippen LogP contribution in [0.25, 0.3) is 0 Å². The molecule has 2 rings (SSSR count). The highest BCUT2D eigenvalue weighted by atomic mass is 16.4. The molecular formula is C11H17NO4. The van der Waals surface area contributed by atoms with Gasteiger partial charge in [-0.25, -0.2) is 0 Å². The zero-order valence-corrected chi connectivity index (χ0v) is 9.13. The van der Waals surface area contributed by atoms with Gasteiger partial charge >= 0.3 is 5.97 Å². The minimum Gasteiger partial charge on any atom is -0.481 e. The van der Waals surface area contributed by atoms with E-state index in [4.69, 9.17) is 5.11 Å². The molecule has 1 saturated carbocycles. The van der Waals surface area contributed by atoms with Crippen molar-refractivity contribution in [3.05, 3.63) is 0 Å². The SMILES string of the molecule is O=C(O)C1CCCC(N2CC(O)CC2=O)C1. The maximum Gasteiger partial charge on any atom is 0.306 e. The summed E-state index contributed by atoms with van der Waals surface area (Å²) in [5.74, 6) is -1.13. The third-order valence-electron chi connectivity index (χ3n) is 3.57. The molecule has 90 valence electrons. The van der Waals surface area contributed by atoms with E-state index < -0.39 is 12.1 Å². The smallest absolute Gasteiger partial charge is 0.306 e. The lowest BCUT2D eigenvalue weighted by molar-refractivity contribution is -0.144. The lowest BCUT2D eigenvalue weighted by Crippen LogP contribution is -2.41. The Morgan fingerprint density at radius 2 is 2.12 bits per heavy atom. The summed E-state index contributed by atoms with van der Waals surface area (Å²) >= 11 is 0. The highest BCUT2D eigenvalue weighted by molar-refractivity contribution is 5.79. The number of aliphatic hydroxyl groups excluding tert-OH is 1. The van der Waals surface area contributed by atoms with Crippen LogP contribution in [0, 0.1) is 5.92 Å².